The van der Waals surface area contributed by atoms with Gasteiger partial charge >= 0.3 is 0 Å². The van der Waals surface area contributed by atoms with Crippen LogP contribution in [0.4, 0.5) is 0 Å². The van der Waals surface area contributed by atoms with Crippen LogP contribution >= 0.6 is 0 Å². The first kappa shape index (κ1) is 12.7. The minimum absolute atomic E-state index is 0.937. The molecule has 0 rings (SSSR count). The Bertz CT molecular complexity index is 124. The zero-order valence-corrected chi connectivity index (χ0v) is 9.95. The molecule has 0 radical (unpaired) electrons. The van der Waals surface area contributed by atoms with Crippen molar-refractivity contribution in [3.05, 3.63) is 25.3 Å². The normalized spacial score (nSPS) is 10.3. The lowest BCUT2D eigenvalue weighted by atomic mass is 10.3. The highest BCUT2D eigenvalue weighted by molar-refractivity contribution is 6.52. The van der Waals surface area contributed by atoms with Gasteiger partial charge in [-0.25, -0.2) is 0 Å². The second kappa shape index (κ2) is 9.74. The van der Waals surface area contributed by atoms with Crippen molar-refractivity contribution >= 4 is 9.04 Å². The van der Waals surface area contributed by atoms with Crippen LogP contribution in [0.3, 0.4) is 0 Å². The smallest absolute Gasteiger partial charge is 0.184 e. The lowest BCUT2D eigenvalue weighted by molar-refractivity contribution is 0.310. The first-order valence-electron chi connectivity index (χ1n) is 5.18. The maximum atomic E-state index is 5.82. The summed E-state index contributed by atoms with van der Waals surface area (Å²) in [6.45, 7) is 10.6. The van der Waals surface area contributed by atoms with Crippen LogP contribution < -0.4 is 0 Å². The molecule has 0 aliphatic heterocycles. The molecule has 1 nitrogen and oxygen atoms in total. The summed E-state index contributed by atoms with van der Waals surface area (Å²) in [7, 11) is -1.01. The van der Waals surface area contributed by atoms with Gasteiger partial charge in [-0.15, -0.1) is 13.2 Å². The number of hydrogen-bond donors (Lipinski definition) is 0. The van der Waals surface area contributed by atoms with Crippen molar-refractivity contribution in [3.63, 3.8) is 0 Å². The van der Waals surface area contributed by atoms with Crippen LogP contribution in [0.1, 0.15) is 26.2 Å². The van der Waals surface area contributed by atoms with Crippen LogP contribution in [-0.4, -0.2) is 15.6 Å². The molecule has 0 saturated carbocycles. The van der Waals surface area contributed by atoms with Gasteiger partial charge in [-0.05, 0) is 18.5 Å². The molecule has 0 aromatic heterocycles. The molecule has 0 spiro atoms. The SMILES string of the molecule is C=CC[SiH](CC=C)OCCCCC. The van der Waals surface area contributed by atoms with Crippen LogP contribution in [0.25, 0.3) is 0 Å². The largest absolute Gasteiger partial charge is 0.419 e. The highest BCUT2D eigenvalue weighted by Crippen LogP contribution is 2.05. The van der Waals surface area contributed by atoms with E-state index in [0.717, 1.165) is 18.7 Å². The van der Waals surface area contributed by atoms with Crippen molar-refractivity contribution in [2.45, 2.75) is 38.3 Å². The summed E-state index contributed by atoms with van der Waals surface area (Å²) in [6.07, 6.45) is 7.69. The second-order valence-electron chi connectivity index (χ2n) is 3.25. The second-order valence-corrected chi connectivity index (χ2v) is 5.77. The van der Waals surface area contributed by atoms with Crippen molar-refractivity contribution < 1.29 is 4.43 Å². The van der Waals surface area contributed by atoms with Gasteiger partial charge in [0.25, 0.3) is 0 Å². The third-order valence-electron chi connectivity index (χ3n) is 1.96. The standard InChI is InChI=1S/C11H22OSi/c1-4-7-8-9-12-13(10-5-2)11-6-3/h5-6,13H,2-4,7-11H2,1H3. The van der Waals surface area contributed by atoms with Gasteiger partial charge in [0.15, 0.2) is 9.04 Å². The van der Waals surface area contributed by atoms with Crippen LogP contribution in [-0.2, 0) is 4.43 Å². The molecule has 2 heteroatoms. The zero-order valence-electron chi connectivity index (χ0n) is 8.80. The van der Waals surface area contributed by atoms with Gasteiger partial charge in [-0.3, -0.25) is 0 Å². The molecular formula is C11H22OSi. The number of rotatable bonds is 9. The molecule has 0 heterocycles. The van der Waals surface area contributed by atoms with Gasteiger partial charge in [-0.2, -0.15) is 0 Å². The predicted octanol–water partition coefficient (Wildman–Crippen LogP) is 3.29. The summed E-state index contributed by atoms with van der Waals surface area (Å²) in [5.74, 6) is 0. The first-order chi connectivity index (χ1) is 6.35. The van der Waals surface area contributed by atoms with Crippen LogP contribution in [0.2, 0.25) is 12.1 Å². The lowest BCUT2D eigenvalue weighted by Gasteiger charge is -2.12. The third-order valence-corrected chi connectivity index (χ3v) is 4.39. The Morgan fingerprint density at radius 2 is 1.77 bits per heavy atom. The van der Waals surface area contributed by atoms with Gasteiger partial charge in [0.1, 0.15) is 0 Å². The van der Waals surface area contributed by atoms with Crippen LogP contribution in [0.15, 0.2) is 25.3 Å². The number of hydrogen-bond acceptors (Lipinski definition) is 1. The lowest BCUT2D eigenvalue weighted by Crippen LogP contribution is -2.16. The summed E-state index contributed by atoms with van der Waals surface area (Å²) in [6, 6.07) is 2.14. The molecule has 0 unspecified atom stereocenters. The molecule has 0 aliphatic carbocycles. The monoisotopic (exact) mass is 198 g/mol. The highest BCUT2D eigenvalue weighted by atomic mass is 28.3. The average Bonchev–Trinajstić information content (AvgIpc) is 2.13. The van der Waals surface area contributed by atoms with Gasteiger partial charge in [0, 0.05) is 6.61 Å². The predicted molar refractivity (Wildman–Crippen MR) is 62.6 cm³/mol. The molecule has 0 aliphatic rings. The van der Waals surface area contributed by atoms with Crippen molar-refractivity contribution in [1.82, 2.24) is 0 Å². The molecule has 0 bridgehead atoms. The van der Waals surface area contributed by atoms with E-state index in [1.807, 2.05) is 12.2 Å². The molecule has 0 saturated heterocycles. The third kappa shape index (κ3) is 8.00. The Labute approximate surface area is 84.2 Å². The summed E-state index contributed by atoms with van der Waals surface area (Å²) in [4.78, 5) is 0. The van der Waals surface area contributed by atoms with E-state index in [1.54, 1.807) is 0 Å². The molecule has 0 N–H and O–H groups in total. The van der Waals surface area contributed by atoms with Crippen LogP contribution in [0.5, 0.6) is 0 Å². The molecular weight excluding hydrogens is 176 g/mol. The summed E-state index contributed by atoms with van der Waals surface area (Å²) in [5.41, 5.74) is 0. The minimum atomic E-state index is -1.01. The fourth-order valence-corrected chi connectivity index (χ4v) is 2.91. The highest BCUT2D eigenvalue weighted by Gasteiger charge is 2.06. The van der Waals surface area contributed by atoms with Gasteiger partial charge < -0.3 is 4.43 Å². The number of allylic oxidation sites excluding steroid dienone is 2. The van der Waals surface area contributed by atoms with E-state index in [2.05, 4.69) is 20.1 Å². The van der Waals surface area contributed by atoms with E-state index in [4.69, 9.17) is 4.43 Å². The molecule has 0 aromatic rings. The Morgan fingerprint density at radius 1 is 1.15 bits per heavy atom. The minimum Gasteiger partial charge on any atom is -0.419 e. The van der Waals surface area contributed by atoms with E-state index < -0.39 is 9.04 Å². The van der Waals surface area contributed by atoms with E-state index in [1.165, 1.54) is 19.3 Å². The fraction of sp³-hybridized carbons (Fsp3) is 0.636. The zero-order chi connectivity index (χ0) is 9.94. The van der Waals surface area contributed by atoms with Crippen molar-refractivity contribution in [3.8, 4) is 0 Å². The van der Waals surface area contributed by atoms with E-state index >= 15 is 0 Å². The summed E-state index contributed by atoms with van der Waals surface area (Å²) >= 11 is 0. The molecule has 76 valence electrons. The van der Waals surface area contributed by atoms with Crippen molar-refractivity contribution in [1.29, 1.82) is 0 Å². The van der Waals surface area contributed by atoms with E-state index in [9.17, 15) is 0 Å². The van der Waals surface area contributed by atoms with Crippen molar-refractivity contribution in [2.75, 3.05) is 6.61 Å². The maximum Gasteiger partial charge on any atom is 0.184 e. The Morgan fingerprint density at radius 3 is 2.23 bits per heavy atom. The Hall–Kier alpha value is -0.343. The quantitative estimate of drug-likeness (QED) is 0.314. The maximum absolute atomic E-state index is 5.82. The van der Waals surface area contributed by atoms with Crippen molar-refractivity contribution in [2.24, 2.45) is 0 Å². The molecule has 13 heavy (non-hydrogen) atoms. The Kier molecular flexibility index (Phi) is 9.49. The molecule has 0 aromatic carbocycles. The fourth-order valence-electron chi connectivity index (χ4n) is 1.21. The van der Waals surface area contributed by atoms with Gasteiger partial charge in [0.2, 0.25) is 0 Å². The Balaban J connectivity index is 3.43. The summed E-state index contributed by atoms with van der Waals surface area (Å²) in [5, 5.41) is 0. The van der Waals surface area contributed by atoms with Gasteiger partial charge in [-0.1, -0.05) is 31.9 Å². The topological polar surface area (TPSA) is 9.23 Å². The summed E-state index contributed by atoms with van der Waals surface area (Å²) < 4.78 is 5.82. The van der Waals surface area contributed by atoms with Crippen LogP contribution in [0, 0.1) is 0 Å². The molecule has 0 fully saturated rings. The van der Waals surface area contributed by atoms with Gasteiger partial charge in [0.05, 0.1) is 0 Å². The first-order valence-corrected chi connectivity index (χ1v) is 7.29. The average molecular weight is 198 g/mol. The molecule has 0 amide bonds. The molecule has 0 atom stereocenters. The van der Waals surface area contributed by atoms with E-state index in [0.29, 0.717) is 0 Å². The van der Waals surface area contributed by atoms with E-state index in [-0.39, 0.29) is 0 Å². The number of unbranched alkanes of at least 4 members (excludes halogenated alkanes) is 2.